The van der Waals surface area contributed by atoms with Crippen molar-refractivity contribution in [3.8, 4) is 0 Å². The molecule has 0 aliphatic carbocycles. The molecule has 3 heteroatoms. The minimum atomic E-state index is -0.221. The van der Waals surface area contributed by atoms with E-state index in [4.69, 9.17) is 5.73 Å². The van der Waals surface area contributed by atoms with E-state index in [1.165, 1.54) is 5.57 Å². The molecule has 1 amide bonds. The fourth-order valence-corrected chi connectivity index (χ4v) is 1.20. The Morgan fingerprint density at radius 3 is 3.00 bits per heavy atom. The number of hydrogen-bond acceptors (Lipinski definition) is 2. The average Bonchev–Trinajstić information content (AvgIpc) is 1.93. The molecule has 2 N–H and O–H groups in total. The van der Waals surface area contributed by atoms with Gasteiger partial charge in [0, 0.05) is 19.5 Å². The van der Waals surface area contributed by atoms with E-state index >= 15 is 0 Å². The molecule has 0 unspecified atom stereocenters. The molecule has 1 aliphatic rings. The lowest BCUT2D eigenvalue weighted by molar-refractivity contribution is -0.117. The van der Waals surface area contributed by atoms with Gasteiger partial charge in [0.25, 0.3) is 0 Å². The lowest BCUT2D eigenvalue weighted by atomic mass is 10.1. The summed E-state index contributed by atoms with van der Waals surface area (Å²) in [6.07, 6.45) is 3.52. The lowest BCUT2D eigenvalue weighted by Gasteiger charge is -2.20. The molecule has 0 aromatic rings. The van der Waals surface area contributed by atoms with Gasteiger partial charge in [-0.15, -0.1) is 0 Å². The SMILES string of the molecule is CN1CC=C(CC(N)=O)CC1. The molecule has 0 bridgehead atoms. The van der Waals surface area contributed by atoms with Crippen LogP contribution in [0.5, 0.6) is 0 Å². The van der Waals surface area contributed by atoms with Crippen LogP contribution < -0.4 is 5.73 Å². The van der Waals surface area contributed by atoms with Crippen molar-refractivity contribution in [3.05, 3.63) is 11.6 Å². The van der Waals surface area contributed by atoms with E-state index in [0.29, 0.717) is 6.42 Å². The number of likely N-dealkylation sites (N-methyl/N-ethyl adjacent to an activating group) is 1. The molecule has 1 heterocycles. The molecule has 3 nitrogen and oxygen atoms in total. The van der Waals surface area contributed by atoms with Crippen molar-refractivity contribution >= 4 is 5.91 Å². The van der Waals surface area contributed by atoms with Crippen LogP contribution in [-0.4, -0.2) is 30.9 Å². The number of carbonyl (C=O) groups excluding carboxylic acids is 1. The second kappa shape index (κ2) is 3.53. The molecular weight excluding hydrogens is 140 g/mol. The third-order valence-electron chi connectivity index (χ3n) is 1.91. The summed E-state index contributed by atoms with van der Waals surface area (Å²) in [6, 6.07) is 0. The van der Waals surface area contributed by atoms with Crippen LogP contribution in [0.4, 0.5) is 0 Å². The van der Waals surface area contributed by atoms with Gasteiger partial charge in [0.1, 0.15) is 0 Å². The zero-order valence-corrected chi connectivity index (χ0v) is 6.84. The average molecular weight is 154 g/mol. The molecule has 0 spiro atoms. The molecule has 62 valence electrons. The first kappa shape index (κ1) is 8.27. The Balaban J connectivity index is 2.41. The van der Waals surface area contributed by atoms with Crippen LogP contribution in [-0.2, 0) is 4.79 Å². The van der Waals surface area contributed by atoms with Crippen LogP contribution in [0.15, 0.2) is 11.6 Å². The highest BCUT2D eigenvalue weighted by atomic mass is 16.1. The number of amides is 1. The number of rotatable bonds is 2. The van der Waals surface area contributed by atoms with Gasteiger partial charge in [-0.3, -0.25) is 4.79 Å². The van der Waals surface area contributed by atoms with Gasteiger partial charge in [0.05, 0.1) is 0 Å². The lowest BCUT2D eigenvalue weighted by Crippen LogP contribution is -2.25. The first-order chi connectivity index (χ1) is 5.18. The normalized spacial score (nSPS) is 19.5. The van der Waals surface area contributed by atoms with Crippen LogP contribution >= 0.6 is 0 Å². The predicted octanol–water partition coefficient (Wildman–Crippen LogP) is 0.124. The smallest absolute Gasteiger partial charge is 0.221 e. The van der Waals surface area contributed by atoms with Crippen molar-refractivity contribution in [1.29, 1.82) is 0 Å². The van der Waals surface area contributed by atoms with Gasteiger partial charge < -0.3 is 10.6 Å². The summed E-state index contributed by atoms with van der Waals surface area (Å²) in [4.78, 5) is 12.7. The Bertz CT molecular complexity index is 187. The summed E-state index contributed by atoms with van der Waals surface area (Å²) < 4.78 is 0. The number of primary amides is 1. The Morgan fingerprint density at radius 1 is 1.82 bits per heavy atom. The maximum atomic E-state index is 10.5. The van der Waals surface area contributed by atoms with E-state index in [1.807, 2.05) is 0 Å². The van der Waals surface area contributed by atoms with Crippen LogP contribution in [0.3, 0.4) is 0 Å². The van der Waals surface area contributed by atoms with Crippen molar-refractivity contribution in [1.82, 2.24) is 4.90 Å². The maximum absolute atomic E-state index is 10.5. The molecule has 11 heavy (non-hydrogen) atoms. The van der Waals surface area contributed by atoms with Crippen LogP contribution in [0, 0.1) is 0 Å². The third-order valence-corrected chi connectivity index (χ3v) is 1.91. The maximum Gasteiger partial charge on any atom is 0.221 e. The van der Waals surface area contributed by atoms with Crippen LogP contribution in [0.1, 0.15) is 12.8 Å². The zero-order valence-electron chi connectivity index (χ0n) is 6.84. The molecule has 0 aromatic heterocycles. The summed E-state index contributed by atoms with van der Waals surface area (Å²) in [5, 5.41) is 0. The summed E-state index contributed by atoms with van der Waals surface area (Å²) in [5.74, 6) is -0.221. The molecule has 0 atom stereocenters. The molecule has 0 saturated carbocycles. The van der Waals surface area contributed by atoms with Gasteiger partial charge >= 0.3 is 0 Å². The van der Waals surface area contributed by atoms with E-state index in [1.54, 1.807) is 0 Å². The highest BCUT2D eigenvalue weighted by Gasteiger charge is 2.08. The Kier molecular flexibility index (Phi) is 2.65. The first-order valence-electron chi connectivity index (χ1n) is 3.83. The monoisotopic (exact) mass is 154 g/mol. The van der Waals surface area contributed by atoms with Gasteiger partial charge in [-0.1, -0.05) is 11.6 Å². The van der Waals surface area contributed by atoms with E-state index in [2.05, 4.69) is 18.0 Å². The molecule has 0 radical (unpaired) electrons. The predicted molar refractivity (Wildman–Crippen MR) is 44.0 cm³/mol. The summed E-state index contributed by atoms with van der Waals surface area (Å²) in [5.41, 5.74) is 6.25. The van der Waals surface area contributed by atoms with Gasteiger partial charge in [0.15, 0.2) is 0 Å². The summed E-state index contributed by atoms with van der Waals surface area (Å²) in [7, 11) is 2.07. The Morgan fingerprint density at radius 2 is 2.55 bits per heavy atom. The largest absolute Gasteiger partial charge is 0.369 e. The minimum absolute atomic E-state index is 0.221. The Labute approximate surface area is 66.9 Å². The van der Waals surface area contributed by atoms with Gasteiger partial charge in [-0.05, 0) is 13.5 Å². The van der Waals surface area contributed by atoms with Gasteiger partial charge in [0.2, 0.25) is 5.91 Å². The fourth-order valence-electron chi connectivity index (χ4n) is 1.20. The van der Waals surface area contributed by atoms with Crippen molar-refractivity contribution in [2.24, 2.45) is 5.73 Å². The summed E-state index contributed by atoms with van der Waals surface area (Å²) in [6.45, 7) is 1.99. The van der Waals surface area contributed by atoms with Crippen LogP contribution in [0.2, 0.25) is 0 Å². The zero-order chi connectivity index (χ0) is 8.27. The first-order valence-corrected chi connectivity index (χ1v) is 3.83. The highest BCUT2D eigenvalue weighted by Crippen LogP contribution is 2.11. The molecule has 1 rings (SSSR count). The quantitative estimate of drug-likeness (QED) is 0.574. The van der Waals surface area contributed by atoms with E-state index < -0.39 is 0 Å². The van der Waals surface area contributed by atoms with Gasteiger partial charge in [-0.2, -0.15) is 0 Å². The topological polar surface area (TPSA) is 46.3 Å². The van der Waals surface area contributed by atoms with Crippen molar-refractivity contribution in [3.63, 3.8) is 0 Å². The van der Waals surface area contributed by atoms with Crippen molar-refractivity contribution in [2.45, 2.75) is 12.8 Å². The van der Waals surface area contributed by atoms with E-state index in [-0.39, 0.29) is 5.91 Å². The number of nitrogens with zero attached hydrogens (tertiary/aromatic N) is 1. The molecule has 0 saturated heterocycles. The third kappa shape index (κ3) is 2.72. The van der Waals surface area contributed by atoms with E-state index in [0.717, 1.165) is 19.5 Å². The van der Waals surface area contributed by atoms with Gasteiger partial charge in [-0.25, -0.2) is 0 Å². The number of nitrogens with two attached hydrogens (primary N) is 1. The number of hydrogen-bond donors (Lipinski definition) is 1. The number of carbonyl (C=O) groups is 1. The second-order valence-corrected chi connectivity index (χ2v) is 3.02. The van der Waals surface area contributed by atoms with Crippen LogP contribution in [0.25, 0.3) is 0 Å². The minimum Gasteiger partial charge on any atom is -0.369 e. The van der Waals surface area contributed by atoms with E-state index in [9.17, 15) is 4.79 Å². The van der Waals surface area contributed by atoms with Crippen molar-refractivity contribution in [2.75, 3.05) is 20.1 Å². The van der Waals surface area contributed by atoms with Crippen molar-refractivity contribution < 1.29 is 4.79 Å². The summed E-state index contributed by atoms with van der Waals surface area (Å²) >= 11 is 0. The standard InChI is InChI=1S/C8H14N2O/c1-10-4-2-7(3-5-10)6-8(9)11/h2H,3-6H2,1H3,(H2,9,11). The highest BCUT2D eigenvalue weighted by molar-refractivity contribution is 5.76. The molecule has 0 aromatic carbocycles. The molecule has 0 fully saturated rings. The second-order valence-electron chi connectivity index (χ2n) is 3.02. The molecule has 1 aliphatic heterocycles. The fraction of sp³-hybridized carbons (Fsp3) is 0.625. The Hall–Kier alpha value is -0.830. The molecular formula is C8H14N2O.